The van der Waals surface area contributed by atoms with Gasteiger partial charge in [0.05, 0.1) is 12.6 Å². The second-order valence-corrected chi connectivity index (χ2v) is 5.26. The Labute approximate surface area is 90.2 Å². The summed E-state index contributed by atoms with van der Waals surface area (Å²) in [7, 11) is 0. The Hall–Kier alpha value is -0.160. The van der Waals surface area contributed by atoms with Gasteiger partial charge >= 0.3 is 0 Å². The van der Waals surface area contributed by atoms with Crippen LogP contribution in [-0.4, -0.2) is 53.2 Å². The van der Waals surface area contributed by atoms with Crippen LogP contribution in [0.2, 0.25) is 0 Å². The summed E-state index contributed by atoms with van der Waals surface area (Å²) < 4.78 is 11.8. The molecule has 4 heteroatoms. The Morgan fingerprint density at radius 2 is 2.07 bits per heavy atom. The summed E-state index contributed by atoms with van der Waals surface area (Å²) in [4.78, 5) is 2.37. The number of aliphatic hydroxyl groups is 1. The maximum Gasteiger partial charge on any atom is 0.163 e. The van der Waals surface area contributed by atoms with Crippen molar-refractivity contribution in [3.63, 3.8) is 0 Å². The van der Waals surface area contributed by atoms with Gasteiger partial charge in [0.1, 0.15) is 12.2 Å². The Kier molecular flexibility index (Phi) is 2.12. The molecule has 4 nitrogen and oxygen atoms in total. The second-order valence-electron chi connectivity index (χ2n) is 5.26. The Morgan fingerprint density at radius 1 is 1.33 bits per heavy atom. The standard InChI is InChI=1S/C11H19NO3/c1-11(2)14-9-7-4-3-5-12(7)8(6-13)10(9)15-11/h7-10,13H,3-6H2,1-2H3/t7-,8+,9-,10+/m1/s1. The van der Waals surface area contributed by atoms with Gasteiger partial charge in [0.15, 0.2) is 5.79 Å². The third-order valence-electron chi connectivity index (χ3n) is 3.88. The van der Waals surface area contributed by atoms with E-state index in [0.717, 1.165) is 6.54 Å². The van der Waals surface area contributed by atoms with Gasteiger partial charge in [-0.25, -0.2) is 0 Å². The normalized spacial score (nSPS) is 48.2. The lowest BCUT2D eigenvalue weighted by atomic mass is 10.1. The number of hydrogen-bond acceptors (Lipinski definition) is 4. The summed E-state index contributed by atoms with van der Waals surface area (Å²) in [5.74, 6) is -0.475. The quantitative estimate of drug-likeness (QED) is 0.682. The predicted octanol–water partition coefficient (Wildman–Crippen LogP) is 0.345. The molecule has 0 amide bonds. The van der Waals surface area contributed by atoms with Crippen molar-refractivity contribution in [2.45, 2.75) is 56.8 Å². The van der Waals surface area contributed by atoms with E-state index in [2.05, 4.69) is 4.90 Å². The van der Waals surface area contributed by atoms with Gasteiger partial charge < -0.3 is 14.6 Å². The zero-order valence-corrected chi connectivity index (χ0v) is 9.35. The Bertz CT molecular complexity index is 261. The van der Waals surface area contributed by atoms with Crippen molar-refractivity contribution in [3.05, 3.63) is 0 Å². The highest BCUT2D eigenvalue weighted by Gasteiger charge is 2.58. The Morgan fingerprint density at radius 3 is 2.80 bits per heavy atom. The van der Waals surface area contributed by atoms with Gasteiger partial charge in [-0.1, -0.05) is 0 Å². The topological polar surface area (TPSA) is 41.9 Å². The largest absolute Gasteiger partial charge is 0.395 e. The van der Waals surface area contributed by atoms with Crippen LogP contribution in [0.4, 0.5) is 0 Å². The molecule has 0 unspecified atom stereocenters. The highest BCUT2D eigenvalue weighted by Crippen LogP contribution is 2.43. The lowest BCUT2D eigenvalue weighted by molar-refractivity contribution is -0.167. The summed E-state index contributed by atoms with van der Waals surface area (Å²) in [5.41, 5.74) is 0. The average molecular weight is 213 g/mol. The van der Waals surface area contributed by atoms with Crippen molar-refractivity contribution in [1.82, 2.24) is 4.90 Å². The van der Waals surface area contributed by atoms with E-state index in [0.29, 0.717) is 6.04 Å². The molecule has 3 fully saturated rings. The number of fused-ring (bicyclic) bond motifs is 3. The molecule has 0 aliphatic carbocycles. The van der Waals surface area contributed by atoms with Crippen LogP contribution >= 0.6 is 0 Å². The van der Waals surface area contributed by atoms with E-state index in [9.17, 15) is 5.11 Å². The molecule has 0 spiro atoms. The van der Waals surface area contributed by atoms with Gasteiger partial charge in [0.2, 0.25) is 0 Å². The number of ether oxygens (including phenoxy) is 2. The number of hydrogen-bond donors (Lipinski definition) is 1. The third-order valence-corrected chi connectivity index (χ3v) is 3.88. The molecule has 0 aromatic rings. The Balaban J connectivity index is 1.87. The van der Waals surface area contributed by atoms with Crippen molar-refractivity contribution in [2.75, 3.05) is 13.2 Å². The summed E-state index contributed by atoms with van der Waals surface area (Å²) in [6.45, 7) is 5.17. The maximum absolute atomic E-state index is 9.45. The van der Waals surface area contributed by atoms with Gasteiger partial charge in [-0.05, 0) is 33.2 Å². The molecule has 0 bridgehead atoms. The van der Waals surface area contributed by atoms with Crippen LogP contribution < -0.4 is 0 Å². The molecule has 0 saturated carbocycles. The van der Waals surface area contributed by atoms with Gasteiger partial charge in [0.25, 0.3) is 0 Å². The summed E-state index contributed by atoms with van der Waals surface area (Å²) >= 11 is 0. The van der Waals surface area contributed by atoms with Crippen molar-refractivity contribution in [3.8, 4) is 0 Å². The SMILES string of the molecule is CC1(C)O[C@@H]2[C@H](O1)[C@H]1CCCN1[C@H]2CO. The predicted molar refractivity (Wildman–Crippen MR) is 54.4 cm³/mol. The summed E-state index contributed by atoms with van der Waals surface area (Å²) in [6.07, 6.45) is 2.63. The van der Waals surface area contributed by atoms with E-state index in [1.165, 1.54) is 12.8 Å². The van der Waals surface area contributed by atoms with E-state index in [-0.39, 0.29) is 24.9 Å². The maximum atomic E-state index is 9.45. The third kappa shape index (κ3) is 1.35. The van der Waals surface area contributed by atoms with E-state index >= 15 is 0 Å². The van der Waals surface area contributed by atoms with Gasteiger partial charge in [-0.15, -0.1) is 0 Å². The zero-order chi connectivity index (χ0) is 10.6. The van der Waals surface area contributed by atoms with Crippen molar-refractivity contribution >= 4 is 0 Å². The smallest absolute Gasteiger partial charge is 0.163 e. The molecule has 0 aromatic carbocycles. The zero-order valence-electron chi connectivity index (χ0n) is 9.35. The molecule has 4 atom stereocenters. The molecule has 3 aliphatic rings. The first-order valence-corrected chi connectivity index (χ1v) is 5.85. The molecular formula is C11H19NO3. The van der Waals surface area contributed by atoms with Crippen LogP contribution in [-0.2, 0) is 9.47 Å². The monoisotopic (exact) mass is 213 g/mol. The highest BCUT2D eigenvalue weighted by atomic mass is 16.8. The highest BCUT2D eigenvalue weighted by molar-refractivity contribution is 5.07. The number of nitrogens with zero attached hydrogens (tertiary/aromatic N) is 1. The minimum atomic E-state index is -0.475. The fraction of sp³-hybridized carbons (Fsp3) is 1.00. The average Bonchev–Trinajstić information content (AvgIpc) is 2.75. The lowest BCUT2D eigenvalue weighted by Crippen LogP contribution is -2.41. The molecule has 86 valence electrons. The van der Waals surface area contributed by atoms with Crippen LogP contribution in [0.1, 0.15) is 26.7 Å². The first kappa shape index (κ1) is 10.0. The fourth-order valence-corrected chi connectivity index (χ4v) is 3.39. The van der Waals surface area contributed by atoms with E-state index in [4.69, 9.17) is 9.47 Å². The molecule has 0 radical (unpaired) electrons. The molecule has 0 aromatic heterocycles. The van der Waals surface area contributed by atoms with Crippen LogP contribution in [0.15, 0.2) is 0 Å². The van der Waals surface area contributed by atoms with Crippen molar-refractivity contribution < 1.29 is 14.6 Å². The molecule has 1 N–H and O–H groups in total. The lowest BCUT2D eigenvalue weighted by Gasteiger charge is -2.28. The van der Waals surface area contributed by atoms with E-state index in [1.54, 1.807) is 0 Å². The van der Waals surface area contributed by atoms with Crippen LogP contribution in [0.3, 0.4) is 0 Å². The van der Waals surface area contributed by atoms with Crippen LogP contribution in [0.5, 0.6) is 0 Å². The summed E-state index contributed by atoms with van der Waals surface area (Å²) in [6, 6.07) is 0.609. The first-order chi connectivity index (χ1) is 7.12. The van der Waals surface area contributed by atoms with Crippen LogP contribution in [0, 0.1) is 0 Å². The molecule has 3 saturated heterocycles. The minimum Gasteiger partial charge on any atom is -0.395 e. The number of rotatable bonds is 1. The molecule has 3 rings (SSSR count). The second kappa shape index (κ2) is 3.17. The summed E-state index contributed by atoms with van der Waals surface area (Å²) in [5, 5.41) is 9.45. The van der Waals surface area contributed by atoms with Gasteiger partial charge in [-0.2, -0.15) is 0 Å². The molecular weight excluding hydrogens is 194 g/mol. The molecule has 3 heterocycles. The molecule has 3 aliphatic heterocycles. The fourth-order valence-electron chi connectivity index (χ4n) is 3.39. The molecule has 15 heavy (non-hydrogen) atoms. The minimum absolute atomic E-state index is 0.0651. The van der Waals surface area contributed by atoms with Crippen molar-refractivity contribution in [2.24, 2.45) is 0 Å². The van der Waals surface area contributed by atoms with Gasteiger partial charge in [-0.3, -0.25) is 4.90 Å². The van der Waals surface area contributed by atoms with E-state index in [1.807, 2.05) is 13.8 Å². The van der Waals surface area contributed by atoms with Crippen molar-refractivity contribution in [1.29, 1.82) is 0 Å². The van der Waals surface area contributed by atoms with E-state index < -0.39 is 5.79 Å². The van der Waals surface area contributed by atoms with Crippen LogP contribution in [0.25, 0.3) is 0 Å². The first-order valence-electron chi connectivity index (χ1n) is 5.85. The number of aliphatic hydroxyl groups excluding tert-OH is 1. The van der Waals surface area contributed by atoms with Gasteiger partial charge in [0, 0.05) is 6.04 Å².